The van der Waals surface area contributed by atoms with Gasteiger partial charge in [-0.3, -0.25) is 0 Å². The molecule has 1 fully saturated rings. The van der Waals surface area contributed by atoms with Crippen molar-refractivity contribution >= 4 is 33.6 Å². The van der Waals surface area contributed by atoms with Crippen LogP contribution in [-0.2, 0) is 6.42 Å². The Morgan fingerprint density at radius 3 is 2.80 bits per heavy atom. The zero-order valence-corrected chi connectivity index (χ0v) is 16.4. The molecule has 1 aromatic carbocycles. The van der Waals surface area contributed by atoms with Crippen molar-refractivity contribution in [2.24, 2.45) is 5.92 Å². The van der Waals surface area contributed by atoms with Crippen LogP contribution in [0.4, 0.5) is 16.0 Å². The van der Waals surface area contributed by atoms with Crippen molar-refractivity contribution in [3.8, 4) is 0 Å². The minimum Gasteiger partial charge on any atom is -0.391 e. The summed E-state index contributed by atoms with van der Waals surface area (Å²) in [6, 6.07) is 8.91. The second kappa shape index (κ2) is 7.21. The van der Waals surface area contributed by atoms with Crippen LogP contribution in [-0.4, -0.2) is 30.7 Å². The lowest BCUT2D eigenvalue weighted by atomic mass is 9.95. The van der Waals surface area contributed by atoms with Gasteiger partial charge >= 0.3 is 0 Å². The van der Waals surface area contributed by atoms with Gasteiger partial charge in [-0.2, -0.15) is 0 Å². The predicted octanol–water partition coefficient (Wildman–Crippen LogP) is 3.23. The summed E-state index contributed by atoms with van der Waals surface area (Å²) < 4.78 is 16.9. The fraction of sp³-hybridized carbons (Fsp3) is 0.318. The van der Waals surface area contributed by atoms with Crippen LogP contribution in [0.2, 0.25) is 0 Å². The van der Waals surface area contributed by atoms with Crippen molar-refractivity contribution in [3.05, 3.63) is 54.2 Å². The quantitative estimate of drug-likeness (QED) is 0.479. The highest BCUT2D eigenvalue weighted by Gasteiger charge is 2.36. The Balaban J connectivity index is 1.34. The molecule has 1 aliphatic rings. The number of nitrogen functional groups attached to an aromatic ring is 2. The molecule has 3 aromatic heterocycles. The van der Waals surface area contributed by atoms with Gasteiger partial charge in [-0.15, -0.1) is 0 Å². The van der Waals surface area contributed by atoms with Gasteiger partial charge in [0.05, 0.1) is 17.5 Å². The van der Waals surface area contributed by atoms with Crippen LogP contribution in [0.15, 0.2) is 42.9 Å². The van der Waals surface area contributed by atoms with Crippen molar-refractivity contribution in [2.75, 3.05) is 11.5 Å². The van der Waals surface area contributed by atoms with Gasteiger partial charge in [0.25, 0.3) is 0 Å². The number of aryl methyl sites for hydroxylation is 1. The summed E-state index contributed by atoms with van der Waals surface area (Å²) in [5, 5.41) is 12.5. The lowest BCUT2D eigenvalue weighted by molar-refractivity contribution is 0.0924. The Bertz CT molecular complexity index is 1240. The van der Waals surface area contributed by atoms with Crippen molar-refractivity contribution in [1.29, 1.82) is 0 Å². The molecule has 8 heteroatoms. The molecule has 0 aliphatic heterocycles. The Labute approximate surface area is 172 Å². The van der Waals surface area contributed by atoms with Crippen molar-refractivity contribution in [1.82, 2.24) is 19.5 Å². The maximum Gasteiger partial charge on any atom is 0.152 e. The lowest BCUT2D eigenvalue weighted by Gasteiger charge is -2.21. The third kappa shape index (κ3) is 3.04. The Morgan fingerprint density at radius 2 is 1.93 bits per heavy atom. The molecule has 1 saturated carbocycles. The number of aromatic nitrogens is 4. The first-order valence-corrected chi connectivity index (χ1v) is 10.1. The highest BCUT2D eigenvalue weighted by Crippen LogP contribution is 2.39. The number of hydrogen-bond donors (Lipinski definition) is 3. The third-order valence-electron chi connectivity index (χ3n) is 6.29. The number of halogens is 1. The van der Waals surface area contributed by atoms with Crippen LogP contribution < -0.4 is 11.5 Å². The van der Waals surface area contributed by atoms with E-state index in [9.17, 15) is 9.50 Å². The fourth-order valence-electron chi connectivity index (χ4n) is 4.66. The molecule has 4 aromatic rings. The van der Waals surface area contributed by atoms with Gasteiger partial charge in [0, 0.05) is 11.6 Å². The maximum absolute atomic E-state index is 14.9. The lowest BCUT2D eigenvalue weighted by Crippen LogP contribution is -2.24. The third-order valence-corrected chi connectivity index (χ3v) is 6.29. The van der Waals surface area contributed by atoms with E-state index in [0.29, 0.717) is 35.6 Å². The Kier molecular flexibility index (Phi) is 4.51. The molecule has 5 N–H and O–H groups in total. The maximum atomic E-state index is 14.9. The molecule has 30 heavy (non-hydrogen) atoms. The van der Waals surface area contributed by atoms with E-state index in [0.717, 1.165) is 29.3 Å². The van der Waals surface area contributed by atoms with Crippen molar-refractivity contribution in [3.63, 3.8) is 0 Å². The summed E-state index contributed by atoms with van der Waals surface area (Å²) >= 11 is 0. The second-order valence-electron chi connectivity index (χ2n) is 8.00. The van der Waals surface area contributed by atoms with Gasteiger partial charge in [0.15, 0.2) is 5.82 Å². The summed E-state index contributed by atoms with van der Waals surface area (Å²) in [6.45, 7) is 0. The molecular formula is C22H23FN6O. The van der Waals surface area contributed by atoms with E-state index in [1.807, 2.05) is 22.9 Å². The standard InChI is InChI=1S/C22H23FN6O/c23-18-12(1-3-13-6-8-17(24)28-19(13)18)2-4-14-5-7-16(20(14)30)29-10-9-15-21(25)26-11-27-22(15)29/h1,3,6,8-11,14,16,20,30H,2,4-5,7H2,(H2,24,28)(H2,25,26,27)/t14-,16?,20+/m1/s1. The summed E-state index contributed by atoms with van der Waals surface area (Å²) in [7, 11) is 0. The molecule has 0 saturated heterocycles. The van der Waals surface area contributed by atoms with E-state index < -0.39 is 6.10 Å². The number of anilines is 2. The van der Waals surface area contributed by atoms with Gasteiger partial charge in [0.1, 0.15) is 29.1 Å². The van der Waals surface area contributed by atoms with Gasteiger partial charge in [-0.1, -0.05) is 12.1 Å². The number of nitrogens with zero attached hydrogens (tertiary/aromatic N) is 4. The van der Waals surface area contributed by atoms with Crippen LogP contribution in [0.5, 0.6) is 0 Å². The van der Waals surface area contributed by atoms with E-state index in [2.05, 4.69) is 15.0 Å². The van der Waals surface area contributed by atoms with E-state index >= 15 is 0 Å². The Morgan fingerprint density at radius 1 is 1.10 bits per heavy atom. The van der Waals surface area contributed by atoms with Crippen LogP contribution in [0.1, 0.15) is 30.9 Å². The zero-order chi connectivity index (χ0) is 20.8. The minimum absolute atomic E-state index is 0.0790. The van der Waals surface area contributed by atoms with E-state index in [4.69, 9.17) is 11.5 Å². The SMILES string of the molecule is Nc1ccc2ccc(CC[C@@H]3CCC(n4ccc5c(N)ncnc54)[C@H]3O)c(F)c2n1. The smallest absolute Gasteiger partial charge is 0.152 e. The number of nitrogens with two attached hydrogens (primary N) is 2. The highest BCUT2D eigenvalue weighted by atomic mass is 19.1. The molecular weight excluding hydrogens is 383 g/mol. The molecule has 5 rings (SSSR count). The molecule has 1 aliphatic carbocycles. The number of aliphatic hydroxyl groups excluding tert-OH is 1. The average Bonchev–Trinajstić information content (AvgIpc) is 3.32. The minimum atomic E-state index is -0.533. The number of hydrogen-bond acceptors (Lipinski definition) is 6. The summed E-state index contributed by atoms with van der Waals surface area (Å²) in [6.07, 6.45) is 5.74. The second-order valence-corrected chi connectivity index (χ2v) is 8.00. The van der Waals surface area contributed by atoms with E-state index in [-0.39, 0.29) is 17.8 Å². The van der Waals surface area contributed by atoms with Crippen LogP contribution in [0.25, 0.3) is 21.9 Å². The molecule has 3 atom stereocenters. The summed E-state index contributed by atoms with van der Waals surface area (Å²) in [4.78, 5) is 12.5. The van der Waals surface area contributed by atoms with Crippen molar-refractivity contribution in [2.45, 2.75) is 37.8 Å². The first-order chi connectivity index (χ1) is 14.5. The largest absolute Gasteiger partial charge is 0.391 e. The van der Waals surface area contributed by atoms with Crippen molar-refractivity contribution < 1.29 is 9.50 Å². The zero-order valence-electron chi connectivity index (χ0n) is 16.4. The highest BCUT2D eigenvalue weighted by molar-refractivity contribution is 5.86. The number of pyridine rings is 1. The normalized spacial score (nSPS) is 21.6. The molecule has 154 valence electrons. The monoisotopic (exact) mass is 406 g/mol. The van der Waals surface area contributed by atoms with Gasteiger partial charge in [-0.05, 0) is 55.4 Å². The molecule has 0 radical (unpaired) electrons. The summed E-state index contributed by atoms with van der Waals surface area (Å²) in [5.74, 6) is 0.489. The number of benzene rings is 1. The number of fused-ring (bicyclic) bond motifs is 2. The molecule has 1 unspecified atom stereocenters. The number of aliphatic hydroxyl groups is 1. The fourth-order valence-corrected chi connectivity index (χ4v) is 4.66. The molecule has 0 bridgehead atoms. The van der Waals surface area contributed by atoms with Crippen LogP contribution in [0.3, 0.4) is 0 Å². The van der Waals surface area contributed by atoms with E-state index in [1.54, 1.807) is 18.2 Å². The predicted molar refractivity (Wildman–Crippen MR) is 114 cm³/mol. The number of rotatable bonds is 4. The topological polar surface area (TPSA) is 116 Å². The van der Waals surface area contributed by atoms with E-state index in [1.165, 1.54) is 6.33 Å². The van der Waals surface area contributed by atoms with Gasteiger partial charge in [-0.25, -0.2) is 19.3 Å². The first-order valence-electron chi connectivity index (χ1n) is 10.1. The Hall–Kier alpha value is -3.26. The van der Waals surface area contributed by atoms with Gasteiger partial charge in [0.2, 0.25) is 0 Å². The molecule has 0 spiro atoms. The molecule has 0 amide bonds. The average molecular weight is 406 g/mol. The summed E-state index contributed by atoms with van der Waals surface area (Å²) in [5.41, 5.74) is 13.3. The van der Waals surface area contributed by atoms with Crippen LogP contribution in [0, 0.1) is 11.7 Å². The first kappa shape index (κ1) is 18.7. The van der Waals surface area contributed by atoms with Crippen LogP contribution >= 0.6 is 0 Å². The van der Waals surface area contributed by atoms with Gasteiger partial charge < -0.3 is 21.1 Å². The molecule has 3 heterocycles. The molecule has 7 nitrogen and oxygen atoms in total.